The van der Waals surface area contributed by atoms with E-state index in [-0.39, 0.29) is 6.54 Å². The summed E-state index contributed by atoms with van der Waals surface area (Å²) in [7, 11) is 0. The van der Waals surface area contributed by atoms with Crippen LogP contribution in [0.5, 0.6) is 0 Å². The number of halogens is 2. The lowest BCUT2D eigenvalue weighted by atomic mass is 10.2. The second-order valence-corrected chi connectivity index (χ2v) is 3.57. The lowest BCUT2D eigenvalue weighted by Crippen LogP contribution is -2.03. The Balaban J connectivity index is 2.04. The minimum absolute atomic E-state index is 0.239. The van der Waals surface area contributed by atoms with E-state index in [0.717, 1.165) is 6.07 Å². The molecule has 0 amide bonds. The van der Waals surface area contributed by atoms with Crippen molar-refractivity contribution in [1.82, 2.24) is 4.98 Å². The number of benzene rings is 1. The lowest BCUT2D eigenvalue weighted by Gasteiger charge is -2.06. The van der Waals surface area contributed by atoms with Crippen LogP contribution in [0.3, 0.4) is 0 Å². The Bertz CT molecular complexity index is 512. The number of nitrogen functional groups attached to an aromatic ring is 1. The fraction of sp³-hybridized carbons (Fsp3) is 0.0833. The number of aromatic nitrogens is 1. The fourth-order valence-electron chi connectivity index (χ4n) is 1.36. The summed E-state index contributed by atoms with van der Waals surface area (Å²) in [6, 6.07) is 6.85. The smallest absolute Gasteiger partial charge is 0.131 e. The summed E-state index contributed by atoms with van der Waals surface area (Å²) < 4.78 is 26.0. The van der Waals surface area contributed by atoms with E-state index in [1.54, 1.807) is 12.1 Å². The van der Waals surface area contributed by atoms with Gasteiger partial charge < -0.3 is 11.1 Å². The number of nitrogens with one attached hydrogen (secondary N) is 1. The van der Waals surface area contributed by atoms with Crippen molar-refractivity contribution in [2.45, 2.75) is 6.54 Å². The second kappa shape index (κ2) is 4.78. The highest BCUT2D eigenvalue weighted by Crippen LogP contribution is 2.12. The number of pyridine rings is 1. The molecule has 0 fully saturated rings. The van der Waals surface area contributed by atoms with E-state index in [9.17, 15) is 8.78 Å². The van der Waals surface area contributed by atoms with Crippen molar-refractivity contribution in [3.8, 4) is 0 Å². The zero-order chi connectivity index (χ0) is 12.3. The summed E-state index contributed by atoms with van der Waals surface area (Å²) in [6.07, 6.45) is 1.50. The molecule has 1 aromatic heterocycles. The van der Waals surface area contributed by atoms with Gasteiger partial charge in [0.05, 0.1) is 11.9 Å². The average Bonchev–Trinajstić information content (AvgIpc) is 2.30. The molecule has 5 heteroatoms. The van der Waals surface area contributed by atoms with Gasteiger partial charge in [-0.3, -0.25) is 0 Å². The molecular formula is C12H11F2N3. The summed E-state index contributed by atoms with van der Waals surface area (Å²) in [5, 5.41) is 2.92. The Morgan fingerprint density at radius 2 is 2.00 bits per heavy atom. The summed E-state index contributed by atoms with van der Waals surface area (Å²) >= 11 is 0. The van der Waals surface area contributed by atoms with E-state index >= 15 is 0 Å². The number of hydrogen-bond acceptors (Lipinski definition) is 3. The van der Waals surface area contributed by atoms with Crippen LogP contribution in [0.1, 0.15) is 5.56 Å². The normalized spacial score (nSPS) is 10.2. The van der Waals surface area contributed by atoms with Crippen LogP contribution in [-0.2, 0) is 6.54 Å². The molecule has 0 unspecified atom stereocenters. The van der Waals surface area contributed by atoms with E-state index in [1.807, 2.05) is 0 Å². The number of anilines is 2. The molecule has 0 atom stereocenters. The molecule has 1 aromatic carbocycles. The van der Waals surface area contributed by atoms with Gasteiger partial charge in [-0.05, 0) is 18.2 Å². The van der Waals surface area contributed by atoms with Crippen LogP contribution in [0, 0.1) is 11.6 Å². The van der Waals surface area contributed by atoms with Crippen LogP contribution in [-0.4, -0.2) is 4.98 Å². The van der Waals surface area contributed by atoms with Crippen molar-refractivity contribution in [2.75, 3.05) is 11.1 Å². The van der Waals surface area contributed by atoms with Crippen LogP contribution < -0.4 is 11.1 Å². The first-order valence-corrected chi connectivity index (χ1v) is 5.04. The third-order valence-corrected chi connectivity index (χ3v) is 2.26. The Morgan fingerprint density at radius 1 is 1.18 bits per heavy atom. The Morgan fingerprint density at radius 3 is 2.65 bits per heavy atom. The standard InChI is InChI=1S/C12H11F2N3/c13-9-2-1-8(11(14)5-9)6-16-12-4-3-10(15)7-17-12/h1-5,7H,6,15H2,(H,16,17). The molecule has 0 spiro atoms. The van der Waals surface area contributed by atoms with E-state index in [0.29, 0.717) is 17.1 Å². The maximum Gasteiger partial charge on any atom is 0.131 e. The van der Waals surface area contributed by atoms with Crippen LogP contribution in [0.15, 0.2) is 36.5 Å². The van der Waals surface area contributed by atoms with Crippen LogP contribution in [0.4, 0.5) is 20.3 Å². The van der Waals surface area contributed by atoms with Gasteiger partial charge in [-0.25, -0.2) is 13.8 Å². The van der Waals surface area contributed by atoms with Crippen molar-refractivity contribution in [3.63, 3.8) is 0 Å². The van der Waals surface area contributed by atoms with Gasteiger partial charge in [-0.15, -0.1) is 0 Å². The molecule has 1 heterocycles. The molecule has 0 aliphatic rings. The zero-order valence-corrected chi connectivity index (χ0v) is 8.95. The Labute approximate surface area is 97.3 Å². The summed E-state index contributed by atoms with van der Waals surface area (Å²) in [5.41, 5.74) is 6.42. The molecule has 0 bridgehead atoms. The number of nitrogens with two attached hydrogens (primary N) is 1. The molecule has 2 rings (SSSR count). The van der Waals surface area contributed by atoms with Crippen molar-refractivity contribution < 1.29 is 8.78 Å². The minimum atomic E-state index is -0.586. The van der Waals surface area contributed by atoms with Gasteiger partial charge in [0.25, 0.3) is 0 Å². The highest BCUT2D eigenvalue weighted by Gasteiger charge is 2.03. The SMILES string of the molecule is Nc1ccc(NCc2ccc(F)cc2F)nc1. The van der Waals surface area contributed by atoms with E-state index < -0.39 is 11.6 Å². The maximum absolute atomic E-state index is 13.3. The van der Waals surface area contributed by atoms with Gasteiger partial charge in [0, 0.05) is 18.2 Å². The molecular weight excluding hydrogens is 224 g/mol. The van der Waals surface area contributed by atoms with Gasteiger partial charge in [0.15, 0.2) is 0 Å². The highest BCUT2D eigenvalue weighted by atomic mass is 19.1. The quantitative estimate of drug-likeness (QED) is 0.859. The molecule has 17 heavy (non-hydrogen) atoms. The molecule has 0 aliphatic carbocycles. The van der Waals surface area contributed by atoms with Crippen LogP contribution >= 0.6 is 0 Å². The van der Waals surface area contributed by atoms with E-state index in [4.69, 9.17) is 5.73 Å². The minimum Gasteiger partial charge on any atom is -0.397 e. The molecule has 88 valence electrons. The molecule has 0 saturated heterocycles. The van der Waals surface area contributed by atoms with Crippen molar-refractivity contribution in [1.29, 1.82) is 0 Å². The molecule has 0 saturated carbocycles. The topological polar surface area (TPSA) is 50.9 Å². The van der Waals surface area contributed by atoms with Crippen molar-refractivity contribution in [3.05, 3.63) is 53.7 Å². The van der Waals surface area contributed by atoms with Gasteiger partial charge in [-0.2, -0.15) is 0 Å². The molecule has 0 radical (unpaired) electrons. The number of nitrogens with zero attached hydrogens (tertiary/aromatic N) is 1. The summed E-state index contributed by atoms with van der Waals surface area (Å²) in [5.74, 6) is -0.576. The number of hydrogen-bond donors (Lipinski definition) is 2. The first kappa shape index (κ1) is 11.3. The number of rotatable bonds is 3. The molecule has 2 aromatic rings. The van der Waals surface area contributed by atoms with Crippen LogP contribution in [0.2, 0.25) is 0 Å². The first-order valence-electron chi connectivity index (χ1n) is 5.04. The van der Waals surface area contributed by atoms with Gasteiger partial charge in [0.1, 0.15) is 17.5 Å². The lowest BCUT2D eigenvalue weighted by molar-refractivity contribution is 0.574. The monoisotopic (exact) mass is 235 g/mol. The zero-order valence-electron chi connectivity index (χ0n) is 8.95. The summed E-state index contributed by atoms with van der Waals surface area (Å²) in [4.78, 5) is 4.01. The third kappa shape index (κ3) is 2.90. The van der Waals surface area contributed by atoms with Crippen molar-refractivity contribution >= 4 is 11.5 Å². The van der Waals surface area contributed by atoms with Gasteiger partial charge >= 0.3 is 0 Å². The fourth-order valence-corrected chi connectivity index (χ4v) is 1.36. The Kier molecular flexibility index (Phi) is 3.18. The van der Waals surface area contributed by atoms with E-state index in [2.05, 4.69) is 10.3 Å². The average molecular weight is 235 g/mol. The van der Waals surface area contributed by atoms with Crippen molar-refractivity contribution in [2.24, 2.45) is 0 Å². The predicted octanol–water partition coefficient (Wildman–Crippen LogP) is 2.55. The largest absolute Gasteiger partial charge is 0.397 e. The molecule has 3 nitrogen and oxygen atoms in total. The molecule has 3 N–H and O–H groups in total. The summed E-state index contributed by atoms with van der Waals surface area (Å²) in [6.45, 7) is 0.239. The Hall–Kier alpha value is -2.17. The second-order valence-electron chi connectivity index (χ2n) is 3.57. The first-order chi connectivity index (χ1) is 8.15. The maximum atomic E-state index is 13.3. The predicted molar refractivity (Wildman–Crippen MR) is 62.3 cm³/mol. The third-order valence-electron chi connectivity index (χ3n) is 2.26. The van der Waals surface area contributed by atoms with Gasteiger partial charge in [0.2, 0.25) is 0 Å². The molecule has 0 aliphatic heterocycles. The highest BCUT2D eigenvalue weighted by molar-refractivity contribution is 5.44. The van der Waals surface area contributed by atoms with Crippen LogP contribution in [0.25, 0.3) is 0 Å². The van der Waals surface area contributed by atoms with Gasteiger partial charge in [-0.1, -0.05) is 6.07 Å². The van der Waals surface area contributed by atoms with E-state index in [1.165, 1.54) is 18.3 Å².